The van der Waals surface area contributed by atoms with Gasteiger partial charge in [0.25, 0.3) is 0 Å². The molecule has 1 atom stereocenters. The number of hydrogen-bond donors (Lipinski definition) is 0. The Balaban J connectivity index is 1.93. The van der Waals surface area contributed by atoms with Crippen molar-refractivity contribution in [1.82, 2.24) is 19.7 Å². The number of carbonyl (C=O) groups excluding carboxylic acids is 1. The van der Waals surface area contributed by atoms with E-state index in [4.69, 9.17) is 26.1 Å². The summed E-state index contributed by atoms with van der Waals surface area (Å²) in [5.41, 5.74) is 3.02. The van der Waals surface area contributed by atoms with Crippen molar-refractivity contribution >= 4 is 23.3 Å². The molecule has 0 saturated carbocycles. The van der Waals surface area contributed by atoms with Crippen LogP contribution in [0, 0.1) is 0 Å². The minimum atomic E-state index is -0.426. The van der Waals surface area contributed by atoms with Gasteiger partial charge in [0.1, 0.15) is 12.6 Å². The minimum Gasteiger partial charge on any atom is -0.469 e. The number of aliphatic imine (C=N–C) groups is 1. The Morgan fingerprint density at radius 3 is 2.80 bits per heavy atom. The first kappa shape index (κ1) is 20.2. The number of hydrogen-bond acceptors (Lipinski definition) is 7. The van der Waals surface area contributed by atoms with Crippen molar-refractivity contribution in [2.75, 3.05) is 14.2 Å². The molecule has 1 aliphatic rings. The normalized spacial score (nSPS) is 15.0. The van der Waals surface area contributed by atoms with Crippen molar-refractivity contribution in [3.8, 4) is 5.69 Å². The number of esters is 1. The molecule has 0 aliphatic carbocycles. The summed E-state index contributed by atoms with van der Waals surface area (Å²) in [6.07, 6.45) is 2.33. The quantitative estimate of drug-likeness (QED) is 0.562. The molecule has 0 spiro atoms. The number of carbonyl (C=O) groups is 1. The third-order valence-corrected chi connectivity index (χ3v) is 5.06. The molecule has 154 valence electrons. The molecular weight excluding hydrogens is 406 g/mol. The van der Waals surface area contributed by atoms with Gasteiger partial charge in [0.15, 0.2) is 11.6 Å². The van der Waals surface area contributed by atoms with Crippen LogP contribution in [0.3, 0.4) is 0 Å². The number of ether oxygens (including phenoxy) is 2. The lowest BCUT2D eigenvalue weighted by Gasteiger charge is -2.14. The maximum absolute atomic E-state index is 11.8. The van der Waals surface area contributed by atoms with Gasteiger partial charge >= 0.3 is 5.97 Å². The van der Waals surface area contributed by atoms with Crippen LogP contribution in [-0.2, 0) is 20.9 Å². The maximum Gasteiger partial charge on any atom is 0.305 e. The highest BCUT2D eigenvalue weighted by Gasteiger charge is 2.30. The number of fused-ring (bicyclic) bond motifs is 3. The highest BCUT2D eigenvalue weighted by molar-refractivity contribution is 6.31. The van der Waals surface area contributed by atoms with Gasteiger partial charge in [-0.05, 0) is 36.8 Å². The van der Waals surface area contributed by atoms with Crippen LogP contribution >= 0.6 is 11.6 Å². The third kappa shape index (κ3) is 3.83. The number of methoxy groups -OCH3 is 2. The lowest BCUT2D eigenvalue weighted by molar-refractivity contribution is -0.140. The molecule has 1 aromatic carbocycles. The number of nitrogens with zero attached hydrogens (tertiary/aromatic N) is 5. The maximum atomic E-state index is 11.8. The highest BCUT2D eigenvalue weighted by atomic mass is 35.5. The molecule has 1 aliphatic heterocycles. The van der Waals surface area contributed by atoms with Gasteiger partial charge in [-0.15, -0.1) is 10.2 Å². The summed E-state index contributed by atoms with van der Waals surface area (Å²) >= 11 is 6.34. The summed E-state index contributed by atoms with van der Waals surface area (Å²) in [5, 5.41) is 9.27. The second kappa shape index (κ2) is 8.73. The lowest BCUT2D eigenvalue weighted by atomic mass is 10.0. The van der Waals surface area contributed by atoms with Crippen LogP contribution in [0.2, 0.25) is 5.02 Å². The topological polar surface area (TPSA) is 91.5 Å². The summed E-state index contributed by atoms with van der Waals surface area (Å²) in [6.45, 7) is 0.276. The summed E-state index contributed by atoms with van der Waals surface area (Å²) in [4.78, 5) is 21.3. The van der Waals surface area contributed by atoms with E-state index in [0.717, 1.165) is 11.3 Å². The standard InChI is InChI=1S/C21H20ClN5O3/c1-29-12-18-25-26-21-16(7-9-19(28)30-2)24-20(15-5-3-4-10-23-15)14-11-13(22)6-8-17(14)27(18)21/h3-6,8,10-11,16H,7,9,12H2,1-2H3. The summed E-state index contributed by atoms with van der Waals surface area (Å²) in [5.74, 6) is 0.953. The van der Waals surface area contributed by atoms with Crippen LogP contribution < -0.4 is 0 Å². The van der Waals surface area contributed by atoms with Crippen LogP contribution in [0.25, 0.3) is 5.69 Å². The smallest absolute Gasteiger partial charge is 0.305 e. The van der Waals surface area contributed by atoms with E-state index in [0.29, 0.717) is 34.5 Å². The molecule has 30 heavy (non-hydrogen) atoms. The Morgan fingerprint density at radius 1 is 1.20 bits per heavy atom. The summed E-state index contributed by atoms with van der Waals surface area (Å²) < 4.78 is 12.1. The second-order valence-electron chi connectivity index (χ2n) is 6.73. The van der Waals surface area contributed by atoms with Gasteiger partial charge in [-0.1, -0.05) is 17.7 Å². The monoisotopic (exact) mass is 425 g/mol. The fourth-order valence-electron chi connectivity index (χ4n) is 3.46. The molecule has 3 heterocycles. The SMILES string of the molecule is COCc1nnc2n1-c1ccc(Cl)cc1C(c1ccccn1)=NC2CCC(=O)OC. The molecule has 0 bridgehead atoms. The molecule has 0 amide bonds. The van der Waals surface area contributed by atoms with Gasteiger partial charge in [0, 0.05) is 30.3 Å². The summed E-state index contributed by atoms with van der Waals surface area (Å²) in [6, 6.07) is 10.8. The van der Waals surface area contributed by atoms with Gasteiger partial charge in [-0.25, -0.2) is 0 Å². The summed E-state index contributed by atoms with van der Waals surface area (Å²) in [7, 11) is 2.97. The number of rotatable bonds is 6. The average molecular weight is 426 g/mol. The van der Waals surface area contributed by atoms with E-state index in [9.17, 15) is 4.79 Å². The predicted molar refractivity (Wildman–Crippen MR) is 111 cm³/mol. The van der Waals surface area contributed by atoms with E-state index < -0.39 is 6.04 Å². The van der Waals surface area contributed by atoms with E-state index in [1.165, 1.54) is 7.11 Å². The number of aromatic nitrogens is 4. The van der Waals surface area contributed by atoms with Crippen LogP contribution in [0.5, 0.6) is 0 Å². The van der Waals surface area contributed by atoms with Gasteiger partial charge in [-0.3, -0.25) is 19.3 Å². The van der Waals surface area contributed by atoms with Crippen LogP contribution in [0.15, 0.2) is 47.6 Å². The third-order valence-electron chi connectivity index (χ3n) is 4.82. The van der Waals surface area contributed by atoms with Crippen molar-refractivity contribution in [1.29, 1.82) is 0 Å². The fraction of sp³-hybridized carbons (Fsp3) is 0.286. The van der Waals surface area contributed by atoms with E-state index in [-0.39, 0.29) is 19.0 Å². The van der Waals surface area contributed by atoms with Crippen LogP contribution in [-0.4, -0.2) is 45.6 Å². The number of benzene rings is 1. The van der Waals surface area contributed by atoms with Crippen molar-refractivity contribution in [2.24, 2.45) is 4.99 Å². The van der Waals surface area contributed by atoms with E-state index in [2.05, 4.69) is 15.2 Å². The zero-order valence-corrected chi connectivity index (χ0v) is 17.3. The Hall–Kier alpha value is -3.10. The molecule has 0 radical (unpaired) electrons. The van der Waals surface area contributed by atoms with Gasteiger partial charge in [0.05, 0.1) is 24.2 Å². The second-order valence-corrected chi connectivity index (χ2v) is 7.16. The van der Waals surface area contributed by atoms with Crippen molar-refractivity contribution in [3.05, 3.63) is 70.5 Å². The van der Waals surface area contributed by atoms with Gasteiger partial charge in [-0.2, -0.15) is 0 Å². The fourth-order valence-corrected chi connectivity index (χ4v) is 3.64. The molecule has 0 saturated heterocycles. The highest BCUT2D eigenvalue weighted by Crippen LogP contribution is 2.34. The molecule has 8 nitrogen and oxygen atoms in total. The van der Waals surface area contributed by atoms with E-state index >= 15 is 0 Å². The van der Waals surface area contributed by atoms with E-state index in [1.807, 2.05) is 41.0 Å². The predicted octanol–water partition coefficient (Wildman–Crippen LogP) is 3.31. The molecule has 1 unspecified atom stereocenters. The molecule has 0 fully saturated rings. The largest absolute Gasteiger partial charge is 0.469 e. The average Bonchev–Trinajstić information content (AvgIpc) is 3.12. The minimum absolute atomic E-state index is 0.198. The number of halogens is 1. The molecular formula is C21H20ClN5O3. The van der Waals surface area contributed by atoms with Crippen molar-refractivity contribution in [2.45, 2.75) is 25.5 Å². The van der Waals surface area contributed by atoms with Gasteiger partial charge in [0.2, 0.25) is 0 Å². The van der Waals surface area contributed by atoms with Crippen LogP contribution in [0.1, 0.15) is 41.8 Å². The Morgan fingerprint density at radius 2 is 2.07 bits per heavy atom. The molecule has 3 aromatic rings. The molecule has 0 N–H and O–H groups in total. The molecule has 2 aromatic heterocycles. The Labute approximate surface area is 178 Å². The molecule has 4 rings (SSSR count). The first-order valence-electron chi connectivity index (χ1n) is 9.41. The lowest BCUT2D eigenvalue weighted by Crippen LogP contribution is -2.11. The van der Waals surface area contributed by atoms with Gasteiger partial charge < -0.3 is 9.47 Å². The van der Waals surface area contributed by atoms with Crippen molar-refractivity contribution < 1.29 is 14.3 Å². The first-order chi connectivity index (χ1) is 14.6. The van der Waals surface area contributed by atoms with Crippen molar-refractivity contribution in [3.63, 3.8) is 0 Å². The number of pyridine rings is 1. The first-order valence-corrected chi connectivity index (χ1v) is 9.79. The Bertz CT molecular complexity index is 1100. The Kier molecular flexibility index (Phi) is 5.87. The van der Waals surface area contributed by atoms with Crippen LogP contribution in [0.4, 0.5) is 0 Å². The zero-order valence-electron chi connectivity index (χ0n) is 16.6. The molecule has 9 heteroatoms. The zero-order chi connectivity index (χ0) is 21.1. The van der Waals surface area contributed by atoms with E-state index in [1.54, 1.807) is 13.3 Å².